The van der Waals surface area contributed by atoms with E-state index in [9.17, 15) is 0 Å². The molecule has 0 aliphatic carbocycles. The number of fused-ring (bicyclic) bond motifs is 1. The summed E-state index contributed by atoms with van der Waals surface area (Å²) in [6, 6.07) is 6.25. The monoisotopic (exact) mass is 349 g/mol. The molecular weight excluding hydrogens is 334 g/mol. The van der Waals surface area contributed by atoms with Gasteiger partial charge in [0.05, 0.1) is 17.9 Å². The van der Waals surface area contributed by atoms with Gasteiger partial charge in [0.25, 0.3) is 0 Å². The summed E-state index contributed by atoms with van der Waals surface area (Å²) in [6.45, 7) is 7.06. The first-order valence-corrected chi connectivity index (χ1v) is 8.16. The molecule has 0 aliphatic heterocycles. The Morgan fingerprint density at radius 1 is 1.30 bits per heavy atom. The lowest BCUT2D eigenvalue weighted by atomic mass is 10.2. The largest absolute Gasteiger partial charge is 0.378 e. The number of nitrogens with zero attached hydrogens (tertiary/aromatic N) is 2. The standard InChI is InChI=1S/C15H16BrN3S/c1-9-5-4-6-12(14(9)16)17-7-13-11(3)18-15-19(13)10(2)8-20-15/h4-6,8,17H,7H2,1-3H3. The molecule has 3 aromatic rings. The average Bonchev–Trinajstić information content (AvgIpc) is 2.92. The lowest BCUT2D eigenvalue weighted by Gasteiger charge is -2.11. The summed E-state index contributed by atoms with van der Waals surface area (Å²) in [5.41, 5.74) is 5.91. The highest BCUT2D eigenvalue weighted by Crippen LogP contribution is 2.27. The normalized spacial score (nSPS) is 11.2. The van der Waals surface area contributed by atoms with E-state index in [0.717, 1.165) is 27.4 Å². The first kappa shape index (κ1) is 13.6. The van der Waals surface area contributed by atoms with Gasteiger partial charge in [-0.2, -0.15) is 0 Å². The van der Waals surface area contributed by atoms with Crippen LogP contribution in [0.3, 0.4) is 0 Å². The lowest BCUT2D eigenvalue weighted by molar-refractivity contribution is 0.965. The molecule has 0 atom stereocenters. The van der Waals surface area contributed by atoms with Gasteiger partial charge in [0.1, 0.15) is 0 Å². The second-order valence-electron chi connectivity index (χ2n) is 4.93. The van der Waals surface area contributed by atoms with E-state index in [4.69, 9.17) is 0 Å². The van der Waals surface area contributed by atoms with E-state index in [2.05, 4.69) is 75.0 Å². The highest BCUT2D eigenvalue weighted by atomic mass is 79.9. The number of rotatable bonds is 3. The number of nitrogens with one attached hydrogen (secondary N) is 1. The second kappa shape index (κ2) is 5.22. The molecule has 1 aromatic carbocycles. The molecule has 5 heteroatoms. The van der Waals surface area contributed by atoms with Gasteiger partial charge in [-0.25, -0.2) is 4.98 Å². The van der Waals surface area contributed by atoms with Crippen molar-refractivity contribution in [2.24, 2.45) is 0 Å². The molecule has 0 amide bonds. The van der Waals surface area contributed by atoms with Gasteiger partial charge in [-0.3, -0.25) is 4.40 Å². The van der Waals surface area contributed by atoms with Gasteiger partial charge in [0.15, 0.2) is 4.96 Å². The van der Waals surface area contributed by atoms with Crippen LogP contribution in [0.4, 0.5) is 5.69 Å². The van der Waals surface area contributed by atoms with Crippen molar-refractivity contribution in [3.8, 4) is 0 Å². The number of halogens is 1. The molecule has 0 aliphatic rings. The fraction of sp³-hybridized carbons (Fsp3) is 0.267. The number of aromatic nitrogens is 2. The predicted octanol–water partition coefficient (Wildman–Crippen LogP) is 4.70. The number of benzene rings is 1. The maximum absolute atomic E-state index is 4.62. The number of imidazole rings is 1. The Hall–Kier alpha value is -1.33. The Bertz CT molecular complexity index is 773. The summed E-state index contributed by atoms with van der Waals surface area (Å²) < 4.78 is 3.36. The van der Waals surface area contributed by atoms with E-state index < -0.39 is 0 Å². The van der Waals surface area contributed by atoms with Crippen LogP contribution in [0.25, 0.3) is 4.96 Å². The van der Waals surface area contributed by atoms with Crippen molar-refractivity contribution in [2.75, 3.05) is 5.32 Å². The smallest absolute Gasteiger partial charge is 0.194 e. The Morgan fingerprint density at radius 3 is 2.90 bits per heavy atom. The highest BCUT2D eigenvalue weighted by Gasteiger charge is 2.12. The first-order valence-electron chi connectivity index (χ1n) is 6.49. The zero-order valence-corrected chi connectivity index (χ0v) is 14.1. The second-order valence-corrected chi connectivity index (χ2v) is 6.56. The molecule has 3 nitrogen and oxygen atoms in total. The van der Waals surface area contributed by atoms with Crippen molar-refractivity contribution in [1.82, 2.24) is 9.38 Å². The summed E-state index contributed by atoms with van der Waals surface area (Å²) in [6.07, 6.45) is 0. The SMILES string of the molecule is Cc1cccc(NCc2c(C)nc3scc(C)n23)c1Br. The van der Waals surface area contributed by atoms with Crippen molar-refractivity contribution in [2.45, 2.75) is 27.3 Å². The Labute approximate surface area is 130 Å². The first-order chi connectivity index (χ1) is 9.58. The number of thiazole rings is 1. The molecule has 104 valence electrons. The van der Waals surface area contributed by atoms with E-state index >= 15 is 0 Å². The van der Waals surface area contributed by atoms with Gasteiger partial charge >= 0.3 is 0 Å². The van der Waals surface area contributed by atoms with Crippen LogP contribution in [0.15, 0.2) is 28.1 Å². The average molecular weight is 350 g/mol. The number of anilines is 1. The number of hydrogen-bond donors (Lipinski definition) is 1. The maximum atomic E-state index is 4.62. The van der Waals surface area contributed by atoms with Crippen molar-refractivity contribution in [3.05, 3.63) is 50.7 Å². The van der Waals surface area contributed by atoms with E-state index in [1.807, 2.05) is 0 Å². The van der Waals surface area contributed by atoms with Crippen molar-refractivity contribution >= 4 is 37.9 Å². The summed E-state index contributed by atoms with van der Waals surface area (Å²) in [7, 11) is 0. The Kier molecular flexibility index (Phi) is 3.56. The van der Waals surface area contributed by atoms with E-state index in [-0.39, 0.29) is 0 Å². The van der Waals surface area contributed by atoms with Crippen LogP contribution in [0.1, 0.15) is 22.6 Å². The summed E-state index contributed by atoms with van der Waals surface area (Å²) in [4.78, 5) is 5.69. The van der Waals surface area contributed by atoms with Crippen molar-refractivity contribution < 1.29 is 0 Å². The Morgan fingerprint density at radius 2 is 2.10 bits per heavy atom. The van der Waals surface area contributed by atoms with Crippen LogP contribution >= 0.6 is 27.3 Å². The molecule has 3 rings (SSSR count). The molecular formula is C15H16BrN3S. The minimum Gasteiger partial charge on any atom is -0.378 e. The molecule has 2 heterocycles. The summed E-state index contributed by atoms with van der Waals surface area (Å²) in [5, 5.41) is 5.65. The molecule has 20 heavy (non-hydrogen) atoms. The molecule has 0 saturated carbocycles. The van der Waals surface area contributed by atoms with E-state index in [1.54, 1.807) is 11.3 Å². The molecule has 2 aromatic heterocycles. The molecule has 0 saturated heterocycles. The van der Waals surface area contributed by atoms with Crippen LogP contribution < -0.4 is 5.32 Å². The van der Waals surface area contributed by atoms with E-state index in [1.165, 1.54) is 17.0 Å². The third kappa shape index (κ3) is 2.25. The van der Waals surface area contributed by atoms with Gasteiger partial charge in [-0.15, -0.1) is 11.3 Å². The third-order valence-corrected chi connectivity index (χ3v) is 5.46. The Balaban J connectivity index is 1.92. The van der Waals surface area contributed by atoms with Crippen LogP contribution in [0, 0.1) is 20.8 Å². The van der Waals surface area contributed by atoms with Gasteiger partial charge in [0, 0.05) is 21.2 Å². The van der Waals surface area contributed by atoms with E-state index in [0.29, 0.717) is 0 Å². The highest BCUT2D eigenvalue weighted by molar-refractivity contribution is 9.10. The lowest BCUT2D eigenvalue weighted by Crippen LogP contribution is -2.05. The maximum Gasteiger partial charge on any atom is 0.194 e. The third-order valence-electron chi connectivity index (χ3n) is 3.47. The molecule has 0 unspecified atom stereocenters. The molecule has 0 fully saturated rings. The van der Waals surface area contributed by atoms with Crippen molar-refractivity contribution in [3.63, 3.8) is 0 Å². The quantitative estimate of drug-likeness (QED) is 0.742. The number of aryl methyl sites for hydroxylation is 3. The van der Waals surface area contributed by atoms with Gasteiger partial charge in [-0.05, 0) is 48.3 Å². The topological polar surface area (TPSA) is 29.3 Å². The zero-order chi connectivity index (χ0) is 14.3. The molecule has 1 N–H and O–H groups in total. The predicted molar refractivity (Wildman–Crippen MR) is 88.7 cm³/mol. The van der Waals surface area contributed by atoms with Gasteiger partial charge in [0.2, 0.25) is 0 Å². The van der Waals surface area contributed by atoms with Crippen LogP contribution in [0.5, 0.6) is 0 Å². The van der Waals surface area contributed by atoms with Gasteiger partial charge < -0.3 is 5.32 Å². The van der Waals surface area contributed by atoms with Gasteiger partial charge in [-0.1, -0.05) is 12.1 Å². The van der Waals surface area contributed by atoms with Crippen molar-refractivity contribution in [1.29, 1.82) is 0 Å². The molecule has 0 radical (unpaired) electrons. The van der Waals surface area contributed by atoms with Crippen LogP contribution in [0.2, 0.25) is 0 Å². The summed E-state index contributed by atoms with van der Waals surface area (Å²) >= 11 is 5.33. The molecule has 0 spiro atoms. The molecule has 0 bridgehead atoms. The minimum atomic E-state index is 0.770. The van der Waals surface area contributed by atoms with Crippen LogP contribution in [-0.2, 0) is 6.54 Å². The fourth-order valence-corrected chi connectivity index (χ4v) is 3.67. The fourth-order valence-electron chi connectivity index (χ4n) is 2.34. The summed E-state index contributed by atoms with van der Waals surface area (Å²) in [5.74, 6) is 0. The minimum absolute atomic E-state index is 0.770. The zero-order valence-electron chi connectivity index (χ0n) is 11.7. The van der Waals surface area contributed by atoms with Crippen LogP contribution in [-0.4, -0.2) is 9.38 Å². The number of hydrogen-bond acceptors (Lipinski definition) is 3.